The molecule has 45 heavy (non-hydrogen) atoms. The van der Waals surface area contributed by atoms with E-state index in [1.807, 2.05) is 25.9 Å². The van der Waals surface area contributed by atoms with Gasteiger partial charge in [0.25, 0.3) is 16.5 Å². The number of anilines is 1. The summed E-state index contributed by atoms with van der Waals surface area (Å²) in [5.41, 5.74) is -0.778. The largest absolute Gasteiger partial charge is 0.486 e. The Morgan fingerprint density at radius 1 is 1.11 bits per heavy atom. The molecule has 1 amide bonds. The number of thioether (sulfide) groups is 1. The van der Waals surface area contributed by atoms with Crippen LogP contribution < -0.4 is 15.6 Å². The Morgan fingerprint density at radius 3 is 2.56 bits per heavy atom. The van der Waals surface area contributed by atoms with Gasteiger partial charge in [0.2, 0.25) is 0 Å². The van der Waals surface area contributed by atoms with Crippen LogP contribution in [0.15, 0.2) is 76.0 Å². The van der Waals surface area contributed by atoms with Gasteiger partial charge < -0.3 is 24.2 Å². The van der Waals surface area contributed by atoms with Gasteiger partial charge in [-0.05, 0) is 56.9 Å². The summed E-state index contributed by atoms with van der Waals surface area (Å²) in [6, 6.07) is 17.0. The molecule has 14 heteroatoms. The molecule has 0 radical (unpaired) electrons. The normalized spacial score (nSPS) is 11.0. The van der Waals surface area contributed by atoms with E-state index in [0.29, 0.717) is 23.4 Å². The number of aromatic nitrogens is 1. The number of nitro benzene ring substituents is 1. The molecule has 0 unspecified atom stereocenters. The second-order valence-electron chi connectivity index (χ2n) is 9.92. The maximum atomic E-state index is 13.8. The lowest BCUT2D eigenvalue weighted by atomic mass is 10.1. The summed E-state index contributed by atoms with van der Waals surface area (Å²) in [6.45, 7) is 2.36. The van der Waals surface area contributed by atoms with Gasteiger partial charge in [0.15, 0.2) is 11.4 Å². The van der Waals surface area contributed by atoms with Gasteiger partial charge in [-0.25, -0.2) is 4.79 Å². The zero-order valence-electron chi connectivity index (χ0n) is 24.8. The zero-order valence-corrected chi connectivity index (χ0v) is 26.4. The molecule has 0 saturated heterocycles. The van der Waals surface area contributed by atoms with Gasteiger partial charge in [0.05, 0.1) is 27.8 Å². The second-order valence-corrected chi connectivity index (χ2v) is 11.4. The number of benzene rings is 3. The molecule has 0 atom stereocenters. The van der Waals surface area contributed by atoms with Gasteiger partial charge >= 0.3 is 5.97 Å². The maximum Gasteiger partial charge on any atom is 0.338 e. The highest BCUT2D eigenvalue weighted by Gasteiger charge is 2.27. The number of halogens is 1. The van der Waals surface area contributed by atoms with Crippen LogP contribution in [0.5, 0.6) is 5.75 Å². The Labute approximate surface area is 268 Å². The summed E-state index contributed by atoms with van der Waals surface area (Å²) >= 11 is 7.58. The van der Waals surface area contributed by atoms with Crippen molar-refractivity contribution in [3.63, 3.8) is 0 Å². The van der Waals surface area contributed by atoms with Crippen molar-refractivity contribution >= 4 is 45.9 Å². The van der Waals surface area contributed by atoms with Gasteiger partial charge in [0, 0.05) is 23.9 Å². The van der Waals surface area contributed by atoms with Crippen LogP contribution in [0.4, 0.5) is 16.2 Å². The minimum absolute atomic E-state index is 0.0188. The molecule has 4 aromatic rings. The molecule has 3 aromatic carbocycles. The van der Waals surface area contributed by atoms with Gasteiger partial charge in [-0.3, -0.25) is 19.7 Å². The minimum atomic E-state index is -0.741. The number of hydrogen-bond donors (Lipinski definition) is 1. The Morgan fingerprint density at radius 2 is 1.84 bits per heavy atom. The number of nitrogens with one attached hydrogen (secondary N) is 1. The van der Waals surface area contributed by atoms with Crippen LogP contribution in [0.2, 0.25) is 5.02 Å². The van der Waals surface area contributed by atoms with Crippen molar-refractivity contribution in [1.29, 1.82) is 0 Å². The molecule has 0 aliphatic heterocycles. The van der Waals surface area contributed by atoms with Crippen molar-refractivity contribution < 1.29 is 28.5 Å². The van der Waals surface area contributed by atoms with E-state index in [1.54, 1.807) is 48.5 Å². The summed E-state index contributed by atoms with van der Waals surface area (Å²) in [7, 11) is 3.83. The Kier molecular flexibility index (Phi) is 11.4. The molecule has 0 aliphatic carbocycles. The number of ether oxygens (including phenoxy) is 2. The summed E-state index contributed by atoms with van der Waals surface area (Å²) in [5, 5.41) is 14.9. The van der Waals surface area contributed by atoms with E-state index < -0.39 is 22.1 Å². The lowest BCUT2D eigenvalue weighted by Crippen LogP contribution is -2.19. The second kappa shape index (κ2) is 15.4. The van der Waals surface area contributed by atoms with Crippen LogP contribution in [0.1, 0.15) is 29.3 Å². The van der Waals surface area contributed by atoms with Crippen LogP contribution in [-0.2, 0) is 11.3 Å². The monoisotopic (exact) mass is 654 g/mol. The topological polar surface area (TPSA) is 146 Å². The third-order valence-electron chi connectivity index (χ3n) is 6.35. The molecule has 0 spiro atoms. The van der Waals surface area contributed by atoms with E-state index >= 15 is 0 Å². The first-order valence-electron chi connectivity index (χ1n) is 13.9. The van der Waals surface area contributed by atoms with E-state index in [0.717, 1.165) is 29.1 Å². The lowest BCUT2D eigenvalue weighted by Gasteiger charge is -2.13. The summed E-state index contributed by atoms with van der Waals surface area (Å²) in [5.74, 6) is 0.181. The number of para-hydroxylation sites is 2. The van der Waals surface area contributed by atoms with Gasteiger partial charge in [-0.1, -0.05) is 54.6 Å². The summed E-state index contributed by atoms with van der Waals surface area (Å²) in [6.07, 6.45) is 0.579. The highest BCUT2D eigenvalue weighted by atomic mass is 35.5. The summed E-state index contributed by atoms with van der Waals surface area (Å²) < 4.78 is 17.8. The Balaban J connectivity index is 1.71. The van der Waals surface area contributed by atoms with Crippen LogP contribution in [0, 0.1) is 10.1 Å². The molecule has 4 rings (SSSR count). The van der Waals surface area contributed by atoms with Crippen LogP contribution in [0.3, 0.4) is 0 Å². The number of nitro groups is 1. The standard InChI is InChI=1S/C31H31ClN4O8S/c1-4-16-42-30(38)20-13-14-25(26(18-20)36(40)41)35-29(37)22(28(44-35)21-9-5-6-10-23(21)32)19-43-27-12-8-7-11-24(27)33-31(39)45-17-15-34(2)3/h5-14,18H,4,15-17,19H2,1-3H3,(H,33,39). The SMILES string of the molecule is CCCOC(=O)c1ccc(-n2oc(-c3ccccc3Cl)c(COc3ccccc3NC(=O)SCCN(C)C)c2=O)c([N+](=O)[O-])c1. The molecule has 12 nitrogen and oxygen atoms in total. The Hall–Kier alpha value is -4.59. The van der Waals surface area contributed by atoms with Gasteiger partial charge in [0.1, 0.15) is 17.9 Å². The lowest BCUT2D eigenvalue weighted by molar-refractivity contribution is -0.384. The average Bonchev–Trinajstić information content (AvgIpc) is 3.34. The molecule has 0 bridgehead atoms. The quantitative estimate of drug-likeness (QED) is 0.0946. The van der Waals surface area contributed by atoms with E-state index in [4.69, 9.17) is 25.6 Å². The first-order valence-corrected chi connectivity index (χ1v) is 15.2. The van der Waals surface area contributed by atoms with Gasteiger partial charge in [-0.2, -0.15) is 0 Å². The van der Waals surface area contributed by atoms with E-state index in [2.05, 4.69) is 5.32 Å². The molecule has 1 aromatic heterocycles. The Bertz CT molecular complexity index is 1750. The van der Waals surface area contributed by atoms with Crippen molar-refractivity contribution in [2.24, 2.45) is 0 Å². The van der Waals surface area contributed by atoms with Crippen molar-refractivity contribution in [2.75, 3.05) is 38.3 Å². The van der Waals surface area contributed by atoms with Crippen LogP contribution >= 0.6 is 23.4 Å². The van der Waals surface area contributed by atoms with Gasteiger partial charge in [-0.15, -0.1) is 4.74 Å². The predicted octanol–water partition coefficient (Wildman–Crippen LogP) is 6.63. The molecular formula is C31H31ClN4O8S. The molecule has 0 saturated carbocycles. The molecule has 1 N–H and O–H groups in total. The van der Waals surface area contributed by atoms with Crippen LogP contribution in [-0.4, -0.2) is 58.8 Å². The smallest absolute Gasteiger partial charge is 0.338 e. The number of esters is 1. The average molecular weight is 655 g/mol. The van der Waals surface area contributed by atoms with Crippen molar-refractivity contribution in [2.45, 2.75) is 20.0 Å². The molecule has 0 aliphatic rings. The highest BCUT2D eigenvalue weighted by molar-refractivity contribution is 8.13. The number of nitrogens with zero attached hydrogens (tertiary/aromatic N) is 3. The third-order valence-corrected chi connectivity index (χ3v) is 7.43. The van der Waals surface area contributed by atoms with E-state index in [-0.39, 0.29) is 51.8 Å². The van der Waals surface area contributed by atoms with Crippen LogP contribution in [0.25, 0.3) is 17.0 Å². The summed E-state index contributed by atoms with van der Waals surface area (Å²) in [4.78, 5) is 52.0. The van der Waals surface area contributed by atoms with Crippen molar-refractivity contribution in [3.05, 3.63) is 103 Å². The first kappa shape index (κ1) is 33.3. The maximum absolute atomic E-state index is 13.8. The third kappa shape index (κ3) is 8.32. The van der Waals surface area contributed by atoms with Crippen molar-refractivity contribution in [3.8, 4) is 22.8 Å². The fourth-order valence-electron chi connectivity index (χ4n) is 4.11. The number of carbonyl (C=O) groups excluding carboxylic acids is 2. The van der Waals surface area contributed by atoms with E-state index in [9.17, 15) is 24.5 Å². The number of carbonyl (C=O) groups is 2. The van der Waals surface area contributed by atoms with Crippen molar-refractivity contribution in [1.82, 2.24) is 9.64 Å². The fourth-order valence-corrected chi connectivity index (χ4v) is 5.16. The minimum Gasteiger partial charge on any atom is -0.486 e. The molecule has 1 heterocycles. The number of hydrogen-bond acceptors (Lipinski definition) is 10. The predicted molar refractivity (Wildman–Crippen MR) is 173 cm³/mol. The van der Waals surface area contributed by atoms with E-state index in [1.165, 1.54) is 12.1 Å². The zero-order chi connectivity index (χ0) is 32.5. The highest BCUT2D eigenvalue weighted by Crippen LogP contribution is 2.34. The number of amides is 1. The molecule has 0 fully saturated rings. The first-order chi connectivity index (χ1) is 21.6. The fraction of sp³-hybridized carbons (Fsp3) is 0.258. The molecule has 236 valence electrons. The molecular weight excluding hydrogens is 624 g/mol. The number of rotatable bonds is 13.